The summed E-state index contributed by atoms with van der Waals surface area (Å²) in [5, 5.41) is 3.43. The first-order chi connectivity index (χ1) is 9.25. The molecule has 0 radical (unpaired) electrons. The van der Waals surface area contributed by atoms with E-state index in [9.17, 15) is 0 Å². The summed E-state index contributed by atoms with van der Waals surface area (Å²) in [6.07, 6.45) is 5.78. The zero-order chi connectivity index (χ0) is 13.2. The highest BCUT2D eigenvalue weighted by atomic mass is 15.3. The molecule has 0 aromatic carbocycles. The molecule has 0 bridgehead atoms. The maximum Gasteiger partial charge on any atom is 0.225 e. The van der Waals surface area contributed by atoms with Crippen LogP contribution in [0.5, 0.6) is 0 Å². The van der Waals surface area contributed by atoms with Crippen LogP contribution in [0.15, 0.2) is 6.20 Å². The third-order valence-electron chi connectivity index (χ3n) is 4.49. The van der Waals surface area contributed by atoms with Gasteiger partial charge in [0.15, 0.2) is 0 Å². The van der Waals surface area contributed by atoms with Crippen molar-refractivity contribution >= 4 is 5.95 Å². The van der Waals surface area contributed by atoms with Crippen LogP contribution in [-0.2, 0) is 0 Å². The standard InChI is InChI=1S/C15H24N4/c1-11-4-5-12(2)14-13(11)10-17-15(18-14)19-8-3-6-16-7-9-19/h10-12,16H,3-9H2,1-2H3. The summed E-state index contributed by atoms with van der Waals surface area (Å²) >= 11 is 0. The Bertz CT molecular complexity index is 438. The van der Waals surface area contributed by atoms with Crippen molar-refractivity contribution in [1.82, 2.24) is 15.3 Å². The Morgan fingerprint density at radius 1 is 1.16 bits per heavy atom. The Hall–Kier alpha value is -1.16. The summed E-state index contributed by atoms with van der Waals surface area (Å²) in [4.78, 5) is 11.9. The fourth-order valence-corrected chi connectivity index (χ4v) is 3.16. The fraction of sp³-hybridized carbons (Fsp3) is 0.733. The molecule has 2 heterocycles. The normalized spacial score (nSPS) is 27.8. The van der Waals surface area contributed by atoms with E-state index in [4.69, 9.17) is 4.98 Å². The lowest BCUT2D eigenvalue weighted by Gasteiger charge is -2.28. The SMILES string of the molecule is CC1CCC(C)c2nc(N3CCCNCC3)ncc21. The van der Waals surface area contributed by atoms with Gasteiger partial charge in [-0.05, 0) is 43.2 Å². The highest BCUT2D eigenvalue weighted by molar-refractivity contribution is 5.37. The van der Waals surface area contributed by atoms with E-state index in [2.05, 4.69) is 35.2 Å². The number of nitrogens with one attached hydrogen (secondary N) is 1. The third-order valence-corrected chi connectivity index (χ3v) is 4.49. The number of nitrogens with zero attached hydrogens (tertiary/aromatic N) is 3. The monoisotopic (exact) mass is 260 g/mol. The lowest BCUT2D eigenvalue weighted by Crippen LogP contribution is -2.30. The van der Waals surface area contributed by atoms with Gasteiger partial charge >= 0.3 is 0 Å². The number of aromatic nitrogens is 2. The van der Waals surface area contributed by atoms with Crippen LogP contribution in [-0.4, -0.2) is 36.1 Å². The summed E-state index contributed by atoms with van der Waals surface area (Å²) in [5.41, 5.74) is 2.66. The number of fused-ring (bicyclic) bond motifs is 1. The van der Waals surface area contributed by atoms with Gasteiger partial charge in [-0.15, -0.1) is 0 Å². The summed E-state index contributed by atoms with van der Waals surface area (Å²) in [7, 11) is 0. The first kappa shape index (κ1) is 12.9. The molecule has 1 aromatic heterocycles. The topological polar surface area (TPSA) is 41.1 Å². The van der Waals surface area contributed by atoms with Crippen molar-refractivity contribution in [2.24, 2.45) is 0 Å². The molecule has 1 N–H and O–H groups in total. The molecule has 3 rings (SSSR count). The highest BCUT2D eigenvalue weighted by Crippen LogP contribution is 2.37. The molecule has 0 saturated carbocycles. The van der Waals surface area contributed by atoms with Crippen LogP contribution >= 0.6 is 0 Å². The van der Waals surface area contributed by atoms with Crippen LogP contribution in [0.4, 0.5) is 5.95 Å². The number of rotatable bonds is 1. The fourth-order valence-electron chi connectivity index (χ4n) is 3.16. The average molecular weight is 260 g/mol. The van der Waals surface area contributed by atoms with E-state index in [-0.39, 0.29) is 0 Å². The Balaban J connectivity index is 1.89. The Labute approximate surface area is 115 Å². The summed E-state index contributed by atoms with van der Waals surface area (Å²) in [6.45, 7) is 8.81. The van der Waals surface area contributed by atoms with E-state index < -0.39 is 0 Å². The van der Waals surface area contributed by atoms with Gasteiger partial charge in [-0.25, -0.2) is 9.97 Å². The van der Waals surface area contributed by atoms with Gasteiger partial charge < -0.3 is 10.2 Å². The molecule has 0 spiro atoms. The second kappa shape index (κ2) is 5.45. The predicted octanol–water partition coefficient (Wildman–Crippen LogP) is 2.28. The van der Waals surface area contributed by atoms with E-state index in [1.54, 1.807) is 0 Å². The van der Waals surface area contributed by atoms with Crippen molar-refractivity contribution in [3.63, 3.8) is 0 Å². The van der Waals surface area contributed by atoms with Gasteiger partial charge in [-0.3, -0.25) is 0 Å². The zero-order valence-corrected chi connectivity index (χ0v) is 12.0. The van der Waals surface area contributed by atoms with Crippen LogP contribution in [0.25, 0.3) is 0 Å². The molecular formula is C15H24N4. The van der Waals surface area contributed by atoms with Crippen LogP contribution in [0.3, 0.4) is 0 Å². The molecule has 2 atom stereocenters. The minimum absolute atomic E-state index is 0.582. The second-order valence-electron chi connectivity index (χ2n) is 5.98. The van der Waals surface area contributed by atoms with E-state index in [0.717, 1.165) is 32.1 Å². The van der Waals surface area contributed by atoms with Crippen molar-refractivity contribution in [1.29, 1.82) is 0 Å². The Morgan fingerprint density at radius 2 is 2.00 bits per heavy atom. The maximum atomic E-state index is 4.90. The molecule has 1 aromatic rings. The second-order valence-corrected chi connectivity index (χ2v) is 5.98. The number of hydrogen-bond donors (Lipinski definition) is 1. The van der Waals surface area contributed by atoms with Crippen molar-refractivity contribution in [2.45, 2.75) is 44.9 Å². The van der Waals surface area contributed by atoms with Crippen molar-refractivity contribution in [3.05, 3.63) is 17.5 Å². The Morgan fingerprint density at radius 3 is 2.89 bits per heavy atom. The molecule has 4 nitrogen and oxygen atoms in total. The molecule has 1 saturated heterocycles. The molecule has 1 fully saturated rings. The molecule has 0 amide bonds. The van der Waals surface area contributed by atoms with Gasteiger partial charge in [0.05, 0.1) is 5.69 Å². The largest absolute Gasteiger partial charge is 0.339 e. The summed E-state index contributed by atoms with van der Waals surface area (Å²) < 4.78 is 0. The first-order valence-electron chi connectivity index (χ1n) is 7.58. The van der Waals surface area contributed by atoms with Gasteiger partial charge in [0.1, 0.15) is 0 Å². The van der Waals surface area contributed by atoms with Gasteiger partial charge in [0, 0.05) is 25.8 Å². The van der Waals surface area contributed by atoms with Crippen LogP contribution < -0.4 is 10.2 Å². The maximum absolute atomic E-state index is 4.90. The van der Waals surface area contributed by atoms with E-state index in [0.29, 0.717) is 11.8 Å². The molecule has 4 heteroatoms. The van der Waals surface area contributed by atoms with Crippen LogP contribution in [0, 0.1) is 0 Å². The first-order valence-corrected chi connectivity index (χ1v) is 7.58. The molecule has 19 heavy (non-hydrogen) atoms. The van der Waals surface area contributed by atoms with Crippen molar-refractivity contribution in [3.8, 4) is 0 Å². The minimum atomic E-state index is 0.582. The Kier molecular flexibility index (Phi) is 3.69. The van der Waals surface area contributed by atoms with Crippen LogP contribution in [0.2, 0.25) is 0 Å². The lowest BCUT2D eigenvalue weighted by atomic mass is 9.82. The van der Waals surface area contributed by atoms with Gasteiger partial charge in [0.2, 0.25) is 5.95 Å². The molecule has 1 aliphatic carbocycles. The molecular weight excluding hydrogens is 236 g/mol. The van der Waals surface area contributed by atoms with Crippen molar-refractivity contribution < 1.29 is 0 Å². The van der Waals surface area contributed by atoms with E-state index in [1.165, 1.54) is 30.5 Å². The molecule has 2 aliphatic rings. The van der Waals surface area contributed by atoms with E-state index in [1.807, 2.05) is 0 Å². The molecule has 2 unspecified atom stereocenters. The summed E-state index contributed by atoms with van der Waals surface area (Å²) in [5.74, 6) is 2.13. The number of hydrogen-bond acceptors (Lipinski definition) is 4. The predicted molar refractivity (Wildman–Crippen MR) is 77.8 cm³/mol. The average Bonchev–Trinajstić information content (AvgIpc) is 2.72. The van der Waals surface area contributed by atoms with E-state index >= 15 is 0 Å². The molecule has 1 aliphatic heterocycles. The lowest BCUT2D eigenvalue weighted by molar-refractivity contribution is 0.510. The summed E-state index contributed by atoms with van der Waals surface area (Å²) in [6, 6.07) is 0. The van der Waals surface area contributed by atoms with Gasteiger partial charge in [-0.2, -0.15) is 0 Å². The van der Waals surface area contributed by atoms with Crippen molar-refractivity contribution in [2.75, 3.05) is 31.1 Å². The smallest absolute Gasteiger partial charge is 0.225 e. The van der Waals surface area contributed by atoms with Crippen LogP contribution in [0.1, 0.15) is 56.2 Å². The number of anilines is 1. The quantitative estimate of drug-likeness (QED) is 0.841. The van der Waals surface area contributed by atoms with Gasteiger partial charge in [-0.1, -0.05) is 13.8 Å². The minimum Gasteiger partial charge on any atom is -0.339 e. The highest BCUT2D eigenvalue weighted by Gasteiger charge is 2.25. The zero-order valence-electron chi connectivity index (χ0n) is 12.0. The molecule has 104 valence electrons. The van der Waals surface area contributed by atoms with Gasteiger partial charge in [0.25, 0.3) is 0 Å². The third kappa shape index (κ3) is 2.59.